The first kappa shape index (κ1) is 20.0. The maximum absolute atomic E-state index is 13.8. The molecule has 0 aromatic carbocycles. The number of amides is 1. The van der Waals surface area contributed by atoms with E-state index in [-0.39, 0.29) is 24.6 Å². The Morgan fingerprint density at radius 3 is 3.00 bits per heavy atom. The van der Waals surface area contributed by atoms with Crippen LogP contribution in [0.3, 0.4) is 0 Å². The number of aliphatic hydroxyl groups excluding tert-OH is 1. The Morgan fingerprint density at radius 1 is 1.47 bits per heavy atom. The number of nitrogens with one attached hydrogen (secondary N) is 1. The lowest BCUT2D eigenvalue weighted by Gasteiger charge is -2.24. The Hall–Kier alpha value is -3.27. The van der Waals surface area contributed by atoms with Gasteiger partial charge in [-0.3, -0.25) is 4.79 Å². The van der Waals surface area contributed by atoms with Gasteiger partial charge in [0.1, 0.15) is 17.2 Å². The van der Waals surface area contributed by atoms with E-state index in [9.17, 15) is 14.3 Å². The Labute approximate surface area is 172 Å². The van der Waals surface area contributed by atoms with Crippen molar-refractivity contribution in [2.24, 2.45) is 0 Å². The van der Waals surface area contributed by atoms with Gasteiger partial charge in [-0.1, -0.05) is 0 Å². The molecular weight excluding hydrogens is 391 g/mol. The number of fused-ring (bicyclic) bond motifs is 2. The van der Waals surface area contributed by atoms with Gasteiger partial charge in [-0.25, -0.2) is 18.9 Å². The summed E-state index contributed by atoms with van der Waals surface area (Å²) in [6, 6.07) is 1.13. The second-order valence-corrected chi connectivity index (χ2v) is 7.48. The van der Waals surface area contributed by atoms with Crippen molar-refractivity contribution < 1.29 is 19.0 Å². The Bertz CT molecular complexity index is 1100. The molecule has 2 N–H and O–H groups in total. The van der Waals surface area contributed by atoms with Crippen LogP contribution >= 0.6 is 0 Å². The summed E-state index contributed by atoms with van der Waals surface area (Å²) < 4.78 is 20.6. The number of pyridine rings is 1. The van der Waals surface area contributed by atoms with Gasteiger partial charge in [0.2, 0.25) is 5.88 Å². The second kappa shape index (κ2) is 7.86. The molecule has 0 spiro atoms. The molecule has 0 aliphatic carbocycles. The molecule has 9 nitrogen and oxygen atoms in total. The van der Waals surface area contributed by atoms with E-state index in [0.717, 1.165) is 18.2 Å². The van der Waals surface area contributed by atoms with Crippen LogP contribution in [0.4, 0.5) is 10.2 Å². The normalized spacial score (nSPS) is 16.6. The molecule has 0 saturated heterocycles. The summed E-state index contributed by atoms with van der Waals surface area (Å²) in [5.41, 5.74) is 2.33. The molecule has 4 rings (SSSR count). The fourth-order valence-corrected chi connectivity index (χ4v) is 3.66. The minimum absolute atomic E-state index is 0.110. The first-order valence-corrected chi connectivity index (χ1v) is 9.65. The zero-order valence-electron chi connectivity index (χ0n) is 17.0. The lowest BCUT2D eigenvalue weighted by molar-refractivity contribution is 0.0923. The van der Waals surface area contributed by atoms with Crippen molar-refractivity contribution in [3.8, 4) is 5.88 Å². The van der Waals surface area contributed by atoms with Crippen molar-refractivity contribution in [2.45, 2.75) is 38.9 Å². The van der Waals surface area contributed by atoms with E-state index in [1.807, 2.05) is 11.1 Å². The van der Waals surface area contributed by atoms with Crippen molar-refractivity contribution in [3.05, 3.63) is 47.2 Å². The largest absolute Gasteiger partial charge is 0.481 e. The average Bonchev–Trinajstić information content (AvgIpc) is 3.26. The van der Waals surface area contributed by atoms with E-state index < -0.39 is 5.82 Å². The molecule has 2 atom stereocenters. The number of hydrogen-bond acceptors (Lipinski definition) is 7. The van der Waals surface area contributed by atoms with Crippen molar-refractivity contribution in [1.29, 1.82) is 0 Å². The summed E-state index contributed by atoms with van der Waals surface area (Å²) in [6.07, 6.45) is 5.19. The number of nitrogens with zero attached hydrogens (tertiary/aromatic N) is 5. The van der Waals surface area contributed by atoms with Crippen LogP contribution < -0.4 is 15.0 Å². The van der Waals surface area contributed by atoms with Crippen molar-refractivity contribution >= 4 is 17.4 Å². The molecule has 0 fully saturated rings. The van der Waals surface area contributed by atoms with Crippen LogP contribution in [0.1, 0.15) is 35.3 Å². The molecule has 3 aromatic heterocycles. The molecule has 10 heteroatoms. The van der Waals surface area contributed by atoms with E-state index in [4.69, 9.17) is 9.72 Å². The van der Waals surface area contributed by atoms with Gasteiger partial charge in [0.25, 0.3) is 5.91 Å². The summed E-state index contributed by atoms with van der Waals surface area (Å²) in [5.74, 6) is 0.285. The van der Waals surface area contributed by atoms with Gasteiger partial charge in [-0.2, -0.15) is 5.10 Å². The fourth-order valence-electron chi connectivity index (χ4n) is 3.66. The number of aromatic nitrogens is 4. The quantitative estimate of drug-likeness (QED) is 0.627. The van der Waals surface area contributed by atoms with E-state index in [2.05, 4.69) is 22.3 Å². The van der Waals surface area contributed by atoms with Gasteiger partial charge >= 0.3 is 0 Å². The van der Waals surface area contributed by atoms with E-state index >= 15 is 0 Å². The monoisotopic (exact) mass is 414 g/mol. The standard InChI is InChI=1S/C20H23FN6O3/c1-11(10-28)24-19(29)16-7-23-27-9-13-4-12(2)26(17(13)25-18(16)27)8-14-5-15(21)6-22-20(14)30-3/h5-7,9,11-12,28H,4,8,10H2,1-3H3,(H,24,29)/t11-,12-/m1/s1. The van der Waals surface area contributed by atoms with E-state index in [1.165, 1.54) is 19.4 Å². The molecule has 0 radical (unpaired) electrons. The van der Waals surface area contributed by atoms with Crippen LogP contribution in [0.5, 0.6) is 5.88 Å². The predicted octanol–water partition coefficient (Wildman–Crippen LogP) is 1.33. The van der Waals surface area contributed by atoms with E-state index in [0.29, 0.717) is 35.0 Å². The second-order valence-electron chi connectivity index (χ2n) is 7.48. The summed E-state index contributed by atoms with van der Waals surface area (Å²) in [5, 5.41) is 16.2. The minimum Gasteiger partial charge on any atom is -0.481 e. The number of hydrogen-bond donors (Lipinski definition) is 2. The highest BCUT2D eigenvalue weighted by atomic mass is 19.1. The molecule has 0 saturated carbocycles. The topological polar surface area (TPSA) is 105 Å². The van der Waals surface area contributed by atoms with Crippen molar-refractivity contribution in [2.75, 3.05) is 18.6 Å². The number of halogens is 1. The van der Waals surface area contributed by atoms with Crippen LogP contribution in [0.2, 0.25) is 0 Å². The SMILES string of the molecule is COc1ncc(F)cc1CN1c2nc3c(C(=O)N[C@H](C)CO)cnn3cc2C[C@H]1C. The Morgan fingerprint density at radius 2 is 2.27 bits per heavy atom. The van der Waals surface area contributed by atoms with Crippen molar-refractivity contribution in [1.82, 2.24) is 24.9 Å². The number of ether oxygens (including phenoxy) is 1. The Kier molecular flexibility index (Phi) is 5.25. The highest BCUT2D eigenvalue weighted by Gasteiger charge is 2.30. The third kappa shape index (κ3) is 3.54. The average molecular weight is 414 g/mol. The number of carbonyl (C=O) groups is 1. The zero-order valence-corrected chi connectivity index (χ0v) is 17.0. The minimum atomic E-state index is -0.436. The molecular formula is C20H23FN6O3. The van der Waals surface area contributed by atoms with Crippen LogP contribution in [0.25, 0.3) is 5.65 Å². The molecule has 4 heterocycles. The summed E-state index contributed by atoms with van der Waals surface area (Å²) in [6.45, 7) is 3.96. The molecule has 1 aliphatic rings. The summed E-state index contributed by atoms with van der Waals surface area (Å²) in [4.78, 5) is 23.3. The summed E-state index contributed by atoms with van der Waals surface area (Å²) in [7, 11) is 1.50. The molecule has 1 aliphatic heterocycles. The Balaban J connectivity index is 1.71. The van der Waals surface area contributed by atoms with E-state index in [1.54, 1.807) is 11.4 Å². The molecule has 30 heavy (non-hydrogen) atoms. The number of rotatable bonds is 6. The summed E-state index contributed by atoms with van der Waals surface area (Å²) >= 11 is 0. The molecule has 158 valence electrons. The van der Waals surface area contributed by atoms with Gasteiger partial charge in [-0.05, 0) is 26.3 Å². The third-order valence-corrected chi connectivity index (χ3v) is 5.19. The predicted molar refractivity (Wildman–Crippen MR) is 107 cm³/mol. The van der Waals surface area contributed by atoms with Crippen LogP contribution in [-0.4, -0.2) is 56.4 Å². The van der Waals surface area contributed by atoms with Crippen LogP contribution in [0, 0.1) is 5.82 Å². The van der Waals surface area contributed by atoms with Gasteiger partial charge in [-0.15, -0.1) is 0 Å². The first-order valence-electron chi connectivity index (χ1n) is 9.65. The fraction of sp³-hybridized carbons (Fsp3) is 0.400. The molecule has 0 unspecified atom stereocenters. The lowest BCUT2D eigenvalue weighted by Crippen LogP contribution is -2.35. The molecule has 1 amide bonds. The smallest absolute Gasteiger partial charge is 0.257 e. The maximum Gasteiger partial charge on any atom is 0.257 e. The number of aliphatic hydroxyl groups is 1. The van der Waals surface area contributed by atoms with Gasteiger partial charge < -0.3 is 20.1 Å². The van der Waals surface area contributed by atoms with Crippen LogP contribution in [-0.2, 0) is 13.0 Å². The van der Waals surface area contributed by atoms with Gasteiger partial charge in [0, 0.05) is 29.4 Å². The molecule has 3 aromatic rings. The van der Waals surface area contributed by atoms with Gasteiger partial charge in [0.15, 0.2) is 5.65 Å². The number of anilines is 1. The van der Waals surface area contributed by atoms with Gasteiger partial charge in [0.05, 0.1) is 32.7 Å². The maximum atomic E-state index is 13.8. The molecule has 0 bridgehead atoms. The lowest BCUT2D eigenvalue weighted by atomic mass is 10.2. The van der Waals surface area contributed by atoms with Crippen molar-refractivity contribution in [3.63, 3.8) is 0 Å². The number of methoxy groups -OCH3 is 1. The zero-order chi connectivity index (χ0) is 21.4. The highest BCUT2D eigenvalue weighted by Crippen LogP contribution is 2.33. The first-order chi connectivity index (χ1) is 14.4. The number of carbonyl (C=O) groups excluding carboxylic acids is 1. The van der Waals surface area contributed by atoms with Crippen LogP contribution in [0.15, 0.2) is 24.7 Å². The highest BCUT2D eigenvalue weighted by molar-refractivity contribution is 6.00. The third-order valence-electron chi connectivity index (χ3n) is 5.19.